The Bertz CT molecular complexity index is 2020. The predicted octanol–water partition coefficient (Wildman–Crippen LogP) is 8.52. The molecular weight excluding hydrogens is 618 g/mol. The number of methoxy groups -OCH3 is 1. The number of allylic oxidation sites excluding steroid dienone is 4. The molecule has 1 unspecified atom stereocenters. The van der Waals surface area contributed by atoms with E-state index in [-0.39, 0.29) is 5.56 Å². The molecule has 0 spiro atoms. The van der Waals surface area contributed by atoms with Gasteiger partial charge >= 0.3 is 0 Å². The van der Waals surface area contributed by atoms with Gasteiger partial charge in [-0.1, -0.05) is 55.1 Å². The number of halogens is 1. The molecule has 48 heavy (non-hydrogen) atoms. The molecular formula is C40H42ClN5O2. The molecule has 7 nitrogen and oxygen atoms in total. The van der Waals surface area contributed by atoms with Gasteiger partial charge in [0.05, 0.1) is 19.0 Å². The maximum absolute atomic E-state index is 13.6. The van der Waals surface area contributed by atoms with Crippen molar-refractivity contribution in [3.05, 3.63) is 147 Å². The summed E-state index contributed by atoms with van der Waals surface area (Å²) < 4.78 is 7.26. The first-order valence-corrected chi connectivity index (χ1v) is 16.3. The molecule has 1 aliphatic carbocycles. The van der Waals surface area contributed by atoms with Crippen molar-refractivity contribution < 1.29 is 4.74 Å². The third kappa shape index (κ3) is 7.26. The van der Waals surface area contributed by atoms with Gasteiger partial charge in [-0.2, -0.15) is 0 Å². The number of hydrogen-bond donors (Lipinski definition) is 0. The van der Waals surface area contributed by atoms with Crippen LogP contribution in [0.5, 0.6) is 0 Å². The van der Waals surface area contributed by atoms with Gasteiger partial charge in [0.1, 0.15) is 5.76 Å². The second-order valence-corrected chi connectivity index (χ2v) is 12.6. The van der Waals surface area contributed by atoms with Crippen LogP contribution in [0, 0.1) is 12.8 Å². The van der Waals surface area contributed by atoms with E-state index in [2.05, 4.69) is 24.2 Å². The summed E-state index contributed by atoms with van der Waals surface area (Å²) in [6.07, 6.45) is 13.1. The minimum Gasteiger partial charge on any atom is -0.497 e. The molecule has 1 aliphatic rings. The number of likely N-dealkylation sites (N-methyl/N-ethyl adjacent to an activating group) is 1. The fourth-order valence-corrected chi connectivity index (χ4v) is 6.02. The third-order valence-corrected chi connectivity index (χ3v) is 8.91. The van der Waals surface area contributed by atoms with Crippen molar-refractivity contribution in [2.24, 2.45) is 15.9 Å². The zero-order valence-electron chi connectivity index (χ0n) is 28.3. The number of hydrogen-bond acceptors (Lipinski definition) is 5. The zero-order valence-corrected chi connectivity index (χ0v) is 29.0. The molecule has 5 rings (SSSR count). The molecule has 0 saturated heterocycles. The highest BCUT2D eigenvalue weighted by Crippen LogP contribution is 2.43. The van der Waals surface area contributed by atoms with Gasteiger partial charge in [-0.3, -0.25) is 19.8 Å². The lowest BCUT2D eigenvalue weighted by atomic mass is 9.80. The largest absolute Gasteiger partial charge is 0.497 e. The number of benzene rings is 2. The summed E-state index contributed by atoms with van der Waals surface area (Å²) in [7, 11) is 5.24. The number of aromatic nitrogens is 2. The van der Waals surface area contributed by atoms with Crippen LogP contribution < -0.4 is 5.56 Å². The van der Waals surface area contributed by atoms with Crippen LogP contribution in [0.3, 0.4) is 0 Å². The van der Waals surface area contributed by atoms with Gasteiger partial charge in [0.2, 0.25) is 0 Å². The van der Waals surface area contributed by atoms with Crippen molar-refractivity contribution in [3.8, 4) is 11.1 Å². The lowest BCUT2D eigenvalue weighted by Gasteiger charge is -2.36. The minimum atomic E-state index is -1.13. The Morgan fingerprint density at radius 2 is 1.92 bits per heavy atom. The Morgan fingerprint density at radius 1 is 1.15 bits per heavy atom. The van der Waals surface area contributed by atoms with Crippen LogP contribution in [-0.2, 0) is 16.8 Å². The van der Waals surface area contributed by atoms with Crippen molar-refractivity contribution in [2.75, 3.05) is 21.2 Å². The van der Waals surface area contributed by atoms with Crippen LogP contribution in [0.1, 0.15) is 36.6 Å². The van der Waals surface area contributed by atoms with Gasteiger partial charge in [0.25, 0.3) is 5.56 Å². The van der Waals surface area contributed by atoms with Crippen LogP contribution in [0.4, 0.5) is 0 Å². The summed E-state index contributed by atoms with van der Waals surface area (Å²) in [5.74, 6) is 1.15. The van der Waals surface area contributed by atoms with E-state index in [0.717, 1.165) is 57.3 Å². The van der Waals surface area contributed by atoms with E-state index < -0.39 is 5.54 Å². The smallest absolute Gasteiger partial charge is 0.251 e. The molecule has 1 saturated carbocycles. The van der Waals surface area contributed by atoms with Crippen LogP contribution in [-0.4, -0.2) is 48.2 Å². The van der Waals surface area contributed by atoms with Crippen molar-refractivity contribution in [2.45, 2.75) is 38.8 Å². The predicted molar refractivity (Wildman–Crippen MR) is 200 cm³/mol. The molecule has 2 aromatic heterocycles. The van der Waals surface area contributed by atoms with E-state index in [0.29, 0.717) is 28.9 Å². The average molecular weight is 660 g/mol. The zero-order chi connectivity index (χ0) is 34.4. The summed E-state index contributed by atoms with van der Waals surface area (Å²) in [5.41, 5.74) is 5.48. The molecule has 1 atom stereocenters. The van der Waals surface area contributed by atoms with E-state index in [1.54, 1.807) is 32.6 Å². The second-order valence-electron chi connectivity index (χ2n) is 12.2. The SMILES string of the molecule is C=C/C(=C\C=C(/C)C=NC(C(=C)N(C)C=NC)(c1ccc(C)nc1)c1ccc2c(c1)c(-c1cccc(Cl)c1)cc(=O)n2CC1CC1)OC. The van der Waals surface area contributed by atoms with E-state index in [4.69, 9.17) is 26.3 Å². The highest BCUT2D eigenvalue weighted by molar-refractivity contribution is 6.30. The summed E-state index contributed by atoms with van der Waals surface area (Å²) in [6.45, 7) is 13.0. The first-order valence-electron chi connectivity index (χ1n) is 15.9. The van der Waals surface area contributed by atoms with E-state index in [9.17, 15) is 4.79 Å². The summed E-state index contributed by atoms with van der Waals surface area (Å²) in [6, 6.07) is 19.6. The Labute approximate surface area is 288 Å². The van der Waals surface area contributed by atoms with Gasteiger partial charge in [-0.25, -0.2) is 0 Å². The van der Waals surface area contributed by atoms with Gasteiger partial charge < -0.3 is 14.2 Å². The minimum absolute atomic E-state index is 0.0313. The normalized spacial score (nSPS) is 15.2. The molecule has 0 amide bonds. The number of aryl methyl sites for hydroxylation is 1. The van der Waals surface area contributed by atoms with E-state index >= 15 is 0 Å². The van der Waals surface area contributed by atoms with Gasteiger partial charge in [0.15, 0.2) is 5.54 Å². The molecule has 246 valence electrons. The van der Waals surface area contributed by atoms with E-state index in [1.807, 2.05) is 103 Å². The maximum atomic E-state index is 13.6. The number of pyridine rings is 2. The summed E-state index contributed by atoms with van der Waals surface area (Å²) in [5, 5.41) is 1.52. The summed E-state index contributed by atoms with van der Waals surface area (Å²) >= 11 is 6.47. The number of rotatable bonds is 13. The number of ether oxygens (including phenoxy) is 1. The van der Waals surface area contributed by atoms with Crippen molar-refractivity contribution in [3.63, 3.8) is 0 Å². The highest BCUT2D eigenvalue weighted by atomic mass is 35.5. The lowest BCUT2D eigenvalue weighted by Crippen LogP contribution is -2.36. The Kier molecular flexibility index (Phi) is 10.6. The molecule has 8 heteroatoms. The molecule has 1 fully saturated rings. The molecule has 0 radical (unpaired) electrons. The quantitative estimate of drug-likeness (QED) is 0.0624. The fourth-order valence-electron chi connectivity index (χ4n) is 5.83. The first-order chi connectivity index (χ1) is 23.1. The van der Waals surface area contributed by atoms with Crippen molar-refractivity contribution in [1.82, 2.24) is 14.5 Å². The van der Waals surface area contributed by atoms with Crippen LogP contribution in [0.25, 0.3) is 22.0 Å². The van der Waals surface area contributed by atoms with E-state index in [1.165, 1.54) is 0 Å². The molecule has 2 heterocycles. The monoisotopic (exact) mass is 659 g/mol. The number of fused-ring (bicyclic) bond motifs is 1. The number of aliphatic imine (C=N–C) groups is 2. The average Bonchev–Trinajstić information content (AvgIpc) is 3.91. The molecule has 0 bridgehead atoms. The second kappa shape index (κ2) is 14.8. The molecule has 2 aromatic carbocycles. The van der Waals surface area contributed by atoms with Crippen LogP contribution in [0.15, 0.2) is 130 Å². The topological polar surface area (TPSA) is 72.1 Å². The lowest BCUT2D eigenvalue weighted by molar-refractivity contribution is 0.307. The van der Waals surface area contributed by atoms with Gasteiger partial charge in [-0.05, 0) is 97.4 Å². The highest BCUT2D eigenvalue weighted by Gasteiger charge is 2.39. The molecule has 0 N–H and O–H groups in total. The first kappa shape index (κ1) is 34.3. The fraction of sp³-hybridized carbons (Fsp3) is 0.250. The Hall–Kier alpha value is -5.01. The van der Waals surface area contributed by atoms with Crippen LogP contribution in [0.2, 0.25) is 5.02 Å². The Balaban J connectivity index is 1.85. The summed E-state index contributed by atoms with van der Waals surface area (Å²) in [4.78, 5) is 29.9. The molecule has 4 aromatic rings. The third-order valence-electron chi connectivity index (χ3n) is 8.67. The van der Waals surface area contributed by atoms with Crippen molar-refractivity contribution in [1.29, 1.82) is 0 Å². The van der Waals surface area contributed by atoms with Gasteiger partial charge in [-0.15, -0.1) is 0 Å². The van der Waals surface area contributed by atoms with Crippen molar-refractivity contribution >= 4 is 35.1 Å². The van der Waals surface area contributed by atoms with Crippen LogP contribution >= 0.6 is 11.6 Å². The Morgan fingerprint density at radius 3 is 2.56 bits per heavy atom. The van der Waals surface area contributed by atoms with Gasteiger partial charge in [0, 0.05) is 66.5 Å². The maximum Gasteiger partial charge on any atom is 0.251 e. The molecule has 0 aliphatic heterocycles. The number of nitrogens with zero attached hydrogens (tertiary/aromatic N) is 5. The standard InChI is InChI=1S/C40H42ClN5O2/c1-8-35(48-7)18-12-27(2)23-44-40(29(4)45(6)26-42-5,33-16-13-28(3)43-24-33)32-17-19-38-37(21-32)36(31-10-9-11-34(41)20-31)22-39(47)46(38)25-30-14-15-30/h8-13,16-24,26,30H,1,4,14-15,25H2,2-3,5-7H3/b27-12+,35-18+,42-26?,44-23?.